The Morgan fingerprint density at radius 2 is 2.41 bits per heavy atom. The van der Waals surface area contributed by atoms with E-state index in [9.17, 15) is 4.39 Å². The van der Waals surface area contributed by atoms with Crippen LogP contribution in [0.2, 0.25) is 0 Å². The second-order valence-corrected chi connectivity index (χ2v) is 4.56. The first-order valence-corrected chi connectivity index (χ1v) is 5.98. The molecule has 1 aromatic heterocycles. The lowest BCUT2D eigenvalue weighted by Gasteiger charge is -2.10. The maximum Gasteiger partial charge on any atom is 0.124 e. The third kappa shape index (κ3) is 1.93. The number of aryl methyl sites for hydroxylation is 1. The summed E-state index contributed by atoms with van der Waals surface area (Å²) in [6, 6.07) is 4.72. The van der Waals surface area contributed by atoms with Gasteiger partial charge in [-0.2, -0.15) is 5.10 Å². The lowest BCUT2D eigenvalue weighted by molar-refractivity contribution is 0.0936. The van der Waals surface area contributed by atoms with Crippen molar-refractivity contribution in [2.45, 2.75) is 32.4 Å². The zero-order chi connectivity index (χ0) is 11.8. The second kappa shape index (κ2) is 4.11. The van der Waals surface area contributed by atoms with Gasteiger partial charge < -0.3 is 4.74 Å². The van der Waals surface area contributed by atoms with Crippen molar-refractivity contribution < 1.29 is 9.13 Å². The number of fused-ring (bicyclic) bond motifs is 1. The van der Waals surface area contributed by atoms with Gasteiger partial charge in [0.2, 0.25) is 0 Å². The van der Waals surface area contributed by atoms with Crippen LogP contribution in [0.4, 0.5) is 4.39 Å². The van der Waals surface area contributed by atoms with Crippen molar-refractivity contribution in [3.05, 3.63) is 29.7 Å². The van der Waals surface area contributed by atoms with Gasteiger partial charge in [-0.3, -0.25) is 4.68 Å². The van der Waals surface area contributed by atoms with Crippen molar-refractivity contribution in [1.82, 2.24) is 9.78 Å². The van der Waals surface area contributed by atoms with Gasteiger partial charge in [-0.25, -0.2) is 4.39 Å². The molecule has 0 spiro atoms. The molecular formula is C13H15FN2O. The highest BCUT2D eigenvalue weighted by Gasteiger charge is 2.18. The van der Waals surface area contributed by atoms with Gasteiger partial charge in [0.15, 0.2) is 0 Å². The van der Waals surface area contributed by atoms with Crippen molar-refractivity contribution in [3.8, 4) is 0 Å². The van der Waals surface area contributed by atoms with Crippen molar-refractivity contribution in [3.63, 3.8) is 0 Å². The average Bonchev–Trinajstić information content (AvgIpc) is 2.91. The minimum atomic E-state index is -0.211. The number of rotatable bonds is 2. The fourth-order valence-corrected chi connectivity index (χ4v) is 2.39. The van der Waals surface area contributed by atoms with Crippen LogP contribution in [0.1, 0.15) is 18.5 Å². The van der Waals surface area contributed by atoms with E-state index in [1.807, 2.05) is 11.6 Å². The summed E-state index contributed by atoms with van der Waals surface area (Å²) in [5, 5.41) is 5.38. The summed E-state index contributed by atoms with van der Waals surface area (Å²) in [4.78, 5) is 0. The average molecular weight is 234 g/mol. The van der Waals surface area contributed by atoms with E-state index in [0.717, 1.165) is 42.6 Å². The lowest BCUT2D eigenvalue weighted by Crippen LogP contribution is -2.16. The van der Waals surface area contributed by atoms with Crippen LogP contribution >= 0.6 is 0 Å². The highest BCUT2D eigenvalue weighted by Crippen LogP contribution is 2.21. The number of hydrogen-bond donors (Lipinski definition) is 0. The number of aromatic nitrogens is 2. The number of halogens is 1. The normalized spacial score (nSPS) is 20.2. The Bertz CT molecular complexity index is 544. The molecule has 1 saturated heterocycles. The van der Waals surface area contributed by atoms with Crippen molar-refractivity contribution in [2.24, 2.45) is 0 Å². The minimum absolute atomic E-state index is 0.211. The zero-order valence-electron chi connectivity index (χ0n) is 9.82. The summed E-state index contributed by atoms with van der Waals surface area (Å²) < 4.78 is 20.7. The molecule has 0 aliphatic carbocycles. The number of ether oxygens (including phenoxy) is 1. The predicted octanol–water partition coefficient (Wildman–Crippen LogP) is 2.66. The van der Waals surface area contributed by atoms with Gasteiger partial charge >= 0.3 is 0 Å². The predicted molar refractivity (Wildman–Crippen MR) is 63.4 cm³/mol. The van der Waals surface area contributed by atoms with Crippen LogP contribution in [0.3, 0.4) is 0 Å². The lowest BCUT2D eigenvalue weighted by atomic mass is 10.2. The first-order valence-electron chi connectivity index (χ1n) is 5.98. The van der Waals surface area contributed by atoms with E-state index in [-0.39, 0.29) is 11.9 Å². The Labute approximate surface area is 99.2 Å². The third-order valence-electron chi connectivity index (χ3n) is 3.36. The molecule has 0 saturated carbocycles. The van der Waals surface area contributed by atoms with Crippen molar-refractivity contribution in [2.75, 3.05) is 6.61 Å². The van der Waals surface area contributed by atoms with Crippen LogP contribution in [0, 0.1) is 12.7 Å². The minimum Gasteiger partial charge on any atom is -0.376 e. The van der Waals surface area contributed by atoms with Crippen LogP contribution in [-0.4, -0.2) is 22.5 Å². The monoisotopic (exact) mass is 234 g/mol. The first kappa shape index (κ1) is 10.7. The summed E-state index contributed by atoms with van der Waals surface area (Å²) in [5.41, 5.74) is 1.86. The maximum atomic E-state index is 13.2. The standard InChI is InChI=1S/C13H15FN2O/c1-9-12-7-10(14)4-5-13(12)15-16(9)8-11-3-2-6-17-11/h4-5,7,11H,2-3,6,8H2,1H3. The van der Waals surface area contributed by atoms with Gasteiger partial charge in [0.1, 0.15) is 5.82 Å². The number of hydrogen-bond acceptors (Lipinski definition) is 2. The second-order valence-electron chi connectivity index (χ2n) is 4.56. The topological polar surface area (TPSA) is 27.1 Å². The molecule has 2 aromatic rings. The molecule has 3 rings (SSSR count). The molecule has 1 aromatic carbocycles. The third-order valence-corrected chi connectivity index (χ3v) is 3.36. The van der Waals surface area contributed by atoms with Gasteiger partial charge in [0.05, 0.1) is 18.2 Å². The Morgan fingerprint density at radius 1 is 1.53 bits per heavy atom. The van der Waals surface area contributed by atoms with Gasteiger partial charge in [-0.15, -0.1) is 0 Å². The van der Waals surface area contributed by atoms with Crippen LogP contribution in [-0.2, 0) is 11.3 Å². The van der Waals surface area contributed by atoms with Gasteiger partial charge in [-0.1, -0.05) is 0 Å². The molecule has 1 atom stereocenters. The molecular weight excluding hydrogens is 219 g/mol. The highest BCUT2D eigenvalue weighted by molar-refractivity contribution is 5.81. The Hall–Kier alpha value is -1.42. The van der Waals surface area contributed by atoms with Crippen LogP contribution in [0.15, 0.2) is 18.2 Å². The molecule has 0 amide bonds. The molecule has 3 nitrogen and oxygen atoms in total. The van der Waals surface area contributed by atoms with E-state index >= 15 is 0 Å². The summed E-state index contributed by atoms with van der Waals surface area (Å²) in [7, 11) is 0. The fourth-order valence-electron chi connectivity index (χ4n) is 2.39. The Kier molecular flexibility index (Phi) is 2.59. The molecule has 17 heavy (non-hydrogen) atoms. The summed E-state index contributed by atoms with van der Waals surface area (Å²) in [5.74, 6) is -0.211. The fraction of sp³-hybridized carbons (Fsp3) is 0.462. The van der Waals surface area contributed by atoms with Crippen molar-refractivity contribution >= 4 is 10.9 Å². The van der Waals surface area contributed by atoms with E-state index in [4.69, 9.17) is 4.74 Å². The molecule has 0 radical (unpaired) electrons. The first-order chi connectivity index (χ1) is 8.24. The van der Waals surface area contributed by atoms with Crippen LogP contribution in [0.25, 0.3) is 10.9 Å². The van der Waals surface area contributed by atoms with Gasteiger partial charge in [0, 0.05) is 17.7 Å². The summed E-state index contributed by atoms with van der Waals surface area (Å²) >= 11 is 0. The smallest absolute Gasteiger partial charge is 0.124 e. The number of nitrogens with zero attached hydrogens (tertiary/aromatic N) is 2. The largest absolute Gasteiger partial charge is 0.376 e. The van der Waals surface area contributed by atoms with Crippen LogP contribution in [0.5, 0.6) is 0 Å². The van der Waals surface area contributed by atoms with E-state index in [0.29, 0.717) is 0 Å². The quantitative estimate of drug-likeness (QED) is 0.798. The Balaban J connectivity index is 1.96. The summed E-state index contributed by atoms with van der Waals surface area (Å²) in [6.07, 6.45) is 2.47. The van der Waals surface area contributed by atoms with Crippen LogP contribution < -0.4 is 0 Å². The van der Waals surface area contributed by atoms with E-state index in [1.165, 1.54) is 6.07 Å². The number of benzene rings is 1. The Morgan fingerprint density at radius 3 is 3.18 bits per heavy atom. The molecule has 1 aliphatic heterocycles. The molecule has 2 heterocycles. The zero-order valence-corrected chi connectivity index (χ0v) is 9.82. The molecule has 4 heteroatoms. The van der Waals surface area contributed by atoms with Crippen molar-refractivity contribution in [1.29, 1.82) is 0 Å². The molecule has 1 unspecified atom stereocenters. The molecule has 0 bridgehead atoms. The van der Waals surface area contributed by atoms with E-state index < -0.39 is 0 Å². The van der Waals surface area contributed by atoms with Gasteiger partial charge in [-0.05, 0) is 38.0 Å². The molecule has 90 valence electrons. The maximum absolute atomic E-state index is 13.2. The highest BCUT2D eigenvalue weighted by atomic mass is 19.1. The van der Waals surface area contributed by atoms with E-state index in [2.05, 4.69) is 5.10 Å². The summed E-state index contributed by atoms with van der Waals surface area (Å²) in [6.45, 7) is 3.59. The molecule has 0 N–H and O–H groups in total. The van der Waals surface area contributed by atoms with E-state index in [1.54, 1.807) is 12.1 Å². The SMILES string of the molecule is Cc1c2cc(F)ccc2nn1CC1CCCO1. The molecule has 1 aliphatic rings. The van der Waals surface area contributed by atoms with Gasteiger partial charge in [0.25, 0.3) is 0 Å². The molecule has 1 fully saturated rings.